The molecule has 3 atom stereocenters. The van der Waals surface area contributed by atoms with Crippen molar-refractivity contribution in [2.24, 2.45) is 5.73 Å². The first kappa shape index (κ1) is 40.6. The number of aliphatic hydroxyl groups is 1. The summed E-state index contributed by atoms with van der Waals surface area (Å²) in [6.07, 6.45) is 26.2. The van der Waals surface area contributed by atoms with E-state index >= 15 is 0 Å². The van der Waals surface area contributed by atoms with Gasteiger partial charge in [0, 0.05) is 19.5 Å². The minimum Gasteiger partial charge on any atom is -0.468 e. The average molecular weight is 628 g/mol. The van der Waals surface area contributed by atoms with E-state index < -0.39 is 45.0 Å². The molecular weight excluding hydrogens is 573 g/mol. The molecule has 0 saturated carbocycles. The molecule has 11 heteroatoms. The summed E-state index contributed by atoms with van der Waals surface area (Å²) in [4.78, 5) is 35.3. The van der Waals surface area contributed by atoms with E-state index in [0.717, 1.165) is 25.7 Å². The Morgan fingerprint density at radius 2 is 1.37 bits per heavy atom. The molecule has 0 saturated heterocycles. The Bertz CT molecular complexity index is 845. The molecule has 0 aromatic carbocycles. The Balaban J connectivity index is 3.86. The SMILES string of the molecule is CCCCC/C=C\C/C=C\C/C=C\C/C=C\CCCC(=O)OC(CO)COC(=O)CCCOP(C)OCC(N)C(=O)OC. The van der Waals surface area contributed by atoms with Crippen molar-refractivity contribution in [3.8, 4) is 0 Å². The molecule has 0 fully saturated rings. The van der Waals surface area contributed by atoms with Crippen LogP contribution in [0.2, 0.25) is 0 Å². The number of unbranched alkanes of at least 4 members (excludes halogenated alkanes) is 4. The van der Waals surface area contributed by atoms with Crippen LogP contribution in [0.4, 0.5) is 0 Å². The molecule has 0 rings (SSSR count). The maximum Gasteiger partial charge on any atom is 0.325 e. The Labute approximate surface area is 259 Å². The van der Waals surface area contributed by atoms with Gasteiger partial charge in [-0.1, -0.05) is 68.4 Å². The summed E-state index contributed by atoms with van der Waals surface area (Å²) in [5.41, 5.74) is 5.59. The van der Waals surface area contributed by atoms with Crippen LogP contribution in [-0.2, 0) is 37.6 Å². The lowest BCUT2D eigenvalue weighted by atomic mass is 10.2. The monoisotopic (exact) mass is 627 g/mol. The lowest BCUT2D eigenvalue weighted by Crippen LogP contribution is -2.35. The normalized spacial score (nSPS) is 14.1. The largest absolute Gasteiger partial charge is 0.468 e. The van der Waals surface area contributed by atoms with Crippen LogP contribution in [0, 0.1) is 0 Å². The number of methoxy groups -OCH3 is 1. The van der Waals surface area contributed by atoms with Gasteiger partial charge in [0.1, 0.15) is 12.6 Å². The van der Waals surface area contributed by atoms with E-state index in [1.165, 1.54) is 32.8 Å². The number of esters is 3. The van der Waals surface area contributed by atoms with Gasteiger partial charge in [0.25, 0.3) is 0 Å². The molecule has 3 unspecified atom stereocenters. The van der Waals surface area contributed by atoms with Gasteiger partial charge < -0.3 is 34.1 Å². The highest BCUT2D eigenvalue weighted by Crippen LogP contribution is 2.33. The summed E-state index contributed by atoms with van der Waals surface area (Å²) >= 11 is 0. The maximum atomic E-state index is 12.1. The molecule has 0 spiro atoms. The predicted molar refractivity (Wildman–Crippen MR) is 170 cm³/mol. The fourth-order valence-electron chi connectivity index (χ4n) is 3.40. The Hall–Kier alpha value is -2.36. The van der Waals surface area contributed by atoms with Gasteiger partial charge in [-0.05, 0) is 51.4 Å². The van der Waals surface area contributed by atoms with Crippen molar-refractivity contribution in [1.29, 1.82) is 0 Å². The first-order valence-corrected chi connectivity index (χ1v) is 16.8. The van der Waals surface area contributed by atoms with Crippen LogP contribution < -0.4 is 5.73 Å². The third-order valence-electron chi connectivity index (χ3n) is 5.88. The van der Waals surface area contributed by atoms with Gasteiger partial charge in [0.15, 0.2) is 14.5 Å². The summed E-state index contributed by atoms with van der Waals surface area (Å²) in [5, 5.41) is 9.46. The highest BCUT2D eigenvalue weighted by molar-refractivity contribution is 7.46. The highest BCUT2D eigenvalue weighted by Gasteiger charge is 2.17. The summed E-state index contributed by atoms with van der Waals surface area (Å²) in [7, 11) is -0.0172. The maximum absolute atomic E-state index is 12.1. The number of allylic oxidation sites excluding steroid dienone is 8. The lowest BCUT2D eigenvalue weighted by Gasteiger charge is -2.16. The van der Waals surface area contributed by atoms with Crippen LogP contribution in [-0.4, -0.2) is 75.4 Å². The van der Waals surface area contributed by atoms with Crippen LogP contribution in [0.3, 0.4) is 0 Å². The minimum atomic E-state index is -1.26. The molecule has 0 amide bonds. The third-order valence-corrected chi connectivity index (χ3v) is 6.94. The average Bonchev–Trinajstić information content (AvgIpc) is 3.01. The quantitative estimate of drug-likeness (QED) is 0.0375. The van der Waals surface area contributed by atoms with Gasteiger partial charge in [-0.2, -0.15) is 0 Å². The molecule has 0 aliphatic heterocycles. The van der Waals surface area contributed by atoms with Crippen molar-refractivity contribution >= 4 is 26.3 Å². The van der Waals surface area contributed by atoms with Crippen molar-refractivity contribution in [2.45, 2.75) is 96.1 Å². The molecule has 43 heavy (non-hydrogen) atoms. The molecule has 246 valence electrons. The first-order valence-electron chi connectivity index (χ1n) is 15.2. The fourth-order valence-corrected chi connectivity index (χ4v) is 4.23. The van der Waals surface area contributed by atoms with E-state index in [4.69, 9.17) is 24.3 Å². The van der Waals surface area contributed by atoms with Gasteiger partial charge >= 0.3 is 17.9 Å². The fraction of sp³-hybridized carbons (Fsp3) is 0.656. The smallest absolute Gasteiger partial charge is 0.325 e. The lowest BCUT2D eigenvalue weighted by molar-refractivity contribution is -0.161. The number of hydrogen-bond acceptors (Lipinski definition) is 10. The Kier molecular flexibility index (Phi) is 28.1. The number of hydrogen-bond donors (Lipinski definition) is 2. The zero-order valence-electron chi connectivity index (χ0n) is 26.3. The van der Waals surface area contributed by atoms with E-state index in [1.807, 2.05) is 6.08 Å². The minimum absolute atomic E-state index is 0.0251. The van der Waals surface area contributed by atoms with E-state index in [1.54, 1.807) is 6.66 Å². The molecule has 0 aromatic heterocycles. The number of aliphatic hydroxyl groups excluding tert-OH is 1. The summed E-state index contributed by atoms with van der Waals surface area (Å²) in [6, 6.07) is -0.882. The molecule has 0 aromatic rings. The second-order valence-corrected chi connectivity index (χ2v) is 11.2. The van der Waals surface area contributed by atoms with Crippen LogP contribution in [0.1, 0.15) is 84.0 Å². The van der Waals surface area contributed by atoms with Gasteiger partial charge in [0.2, 0.25) is 0 Å². The molecule has 0 aliphatic rings. The topological polar surface area (TPSA) is 144 Å². The molecule has 0 radical (unpaired) electrons. The molecule has 0 bridgehead atoms. The van der Waals surface area contributed by atoms with Crippen molar-refractivity contribution in [2.75, 3.05) is 40.2 Å². The Morgan fingerprint density at radius 1 is 0.791 bits per heavy atom. The number of nitrogens with two attached hydrogens (primary N) is 1. The van der Waals surface area contributed by atoms with Crippen molar-refractivity contribution in [3.05, 3.63) is 48.6 Å². The highest BCUT2D eigenvalue weighted by atomic mass is 31.2. The van der Waals surface area contributed by atoms with Crippen molar-refractivity contribution in [1.82, 2.24) is 0 Å². The van der Waals surface area contributed by atoms with Crippen molar-refractivity contribution < 1.29 is 42.7 Å². The van der Waals surface area contributed by atoms with E-state index in [9.17, 15) is 19.5 Å². The number of carbonyl (C=O) groups is 3. The zero-order valence-corrected chi connectivity index (χ0v) is 27.2. The molecule has 0 aliphatic carbocycles. The van der Waals surface area contributed by atoms with Crippen LogP contribution in [0.15, 0.2) is 48.6 Å². The van der Waals surface area contributed by atoms with Crippen LogP contribution in [0.5, 0.6) is 0 Å². The van der Waals surface area contributed by atoms with E-state index in [2.05, 4.69) is 54.2 Å². The summed E-state index contributed by atoms with van der Waals surface area (Å²) < 4.78 is 25.7. The molecular formula is C32H54NO9P. The third kappa shape index (κ3) is 27.0. The van der Waals surface area contributed by atoms with E-state index in [0.29, 0.717) is 12.8 Å². The number of ether oxygens (including phenoxy) is 3. The summed E-state index contributed by atoms with van der Waals surface area (Å²) in [6.45, 7) is 3.50. The summed E-state index contributed by atoms with van der Waals surface area (Å²) in [5.74, 6) is -1.50. The predicted octanol–water partition coefficient (Wildman–Crippen LogP) is 5.83. The Morgan fingerprint density at radius 3 is 1.95 bits per heavy atom. The van der Waals surface area contributed by atoms with Crippen LogP contribution in [0.25, 0.3) is 0 Å². The second kappa shape index (κ2) is 29.7. The molecule has 0 heterocycles. The van der Waals surface area contributed by atoms with Gasteiger partial charge in [-0.25, -0.2) is 0 Å². The first-order chi connectivity index (χ1) is 20.8. The van der Waals surface area contributed by atoms with Gasteiger partial charge in [-0.3, -0.25) is 14.4 Å². The van der Waals surface area contributed by atoms with Crippen LogP contribution >= 0.6 is 8.38 Å². The number of carbonyl (C=O) groups excluding carboxylic acids is 3. The standard InChI is InChI=1S/C32H54NO9P/c1-4-5-6-7-8-9-10-11-12-13-14-15-16-17-18-19-20-22-31(36)42-28(25-34)26-39-30(35)23-21-24-40-43(3)41-27-29(33)32(37)38-2/h8-9,11-12,14-15,17-18,28-29,34H,4-7,10,13,16,19-27,33H2,1-3H3/b9-8-,12-11-,15-14-,18-17-. The second-order valence-electron chi connectivity index (χ2n) is 9.76. The van der Waals surface area contributed by atoms with Gasteiger partial charge in [0.05, 0.1) is 26.9 Å². The molecule has 3 N–H and O–H groups in total. The zero-order chi connectivity index (χ0) is 32.0. The number of rotatable bonds is 27. The van der Waals surface area contributed by atoms with Gasteiger partial charge in [-0.15, -0.1) is 0 Å². The molecule has 10 nitrogen and oxygen atoms in total. The van der Waals surface area contributed by atoms with E-state index in [-0.39, 0.29) is 32.7 Å². The van der Waals surface area contributed by atoms with Crippen molar-refractivity contribution in [3.63, 3.8) is 0 Å².